The minimum atomic E-state index is -0.159. The van der Waals surface area contributed by atoms with Crippen LogP contribution in [0.25, 0.3) is 0 Å². The molecule has 4 aromatic carbocycles. The van der Waals surface area contributed by atoms with Gasteiger partial charge in [0, 0.05) is 118 Å². The molecule has 2 aromatic heterocycles. The minimum Gasteiger partial charge on any atom is -0.486 e. The van der Waals surface area contributed by atoms with Gasteiger partial charge >= 0.3 is 0 Å². The minimum absolute atomic E-state index is 0.0337. The number of hydrogen-bond donors (Lipinski definition) is 0. The van der Waals surface area contributed by atoms with Crippen molar-refractivity contribution < 1.29 is 28.5 Å². The number of hydrogen-bond acceptors (Lipinski definition) is 14. The molecular formula is C60H64N10O6. The van der Waals surface area contributed by atoms with Gasteiger partial charge in [0.1, 0.15) is 38.1 Å². The Morgan fingerprint density at radius 2 is 0.895 bits per heavy atom. The van der Waals surface area contributed by atoms with E-state index in [0.717, 1.165) is 97.9 Å². The Labute approximate surface area is 445 Å². The Bertz CT molecular complexity index is 2870. The van der Waals surface area contributed by atoms with Crippen LogP contribution in [0.15, 0.2) is 122 Å². The van der Waals surface area contributed by atoms with Crippen molar-refractivity contribution in [1.29, 1.82) is 10.5 Å². The zero-order valence-electron chi connectivity index (χ0n) is 43.7. The number of anilines is 4. The van der Waals surface area contributed by atoms with E-state index in [1.807, 2.05) is 36.4 Å². The Balaban J connectivity index is 0.829. The number of nitrogens with zero attached hydrogens (tertiary/aromatic N) is 10. The first-order valence-electron chi connectivity index (χ1n) is 26.4. The molecule has 2 amide bonds. The largest absolute Gasteiger partial charge is 0.486 e. The summed E-state index contributed by atoms with van der Waals surface area (Å²) in [5.74, 6) is 4.00. The van der Waals surface area contributed by atoms with Crippen molar-refractivity contribution in [1.82, 2.24) is 19.8 Å². The van der Waals surface area contributed by atoms with Gasteiger partial charge in [-0.3, -0.25) is 29.2 Å². The van der Waals surface area contributed by atoms with Crippen molar-refractivity contribution in [3.63, 3.8) is 0 Å². The van der Waals surface area contributed by atoms with Crippen molar-refractivity contribution in [3.8, 4) is 35.1 Å². The average Bonchev–Trinajstić information content (AvgIpc) is 3.49. The molecule has 0 N–H and O–H groups in total. The molecular weight excluding hydrogens is 957 g/mol. The van der Waals surface area contributed by atoms with Crippen LogP contribution in [-0.2, 0) is 0 Å². The van der Waals surface area contributed by atoms with Gasteiger partial charge in [0.15, 0.2) is 23.0 Å². The molecule has 76 heavy (non-hydrogen) atoms. The highest BCUT2D eigenvalue weighted by molar-refractivity contribution is 6.06. The summed E-state index contributed by atoms with van der Waals surface area (Å²) in [5.41, 5.74) is 6.13. The third-order valence-electron chi connectivity index (χ3n) is 15.0. The van der Waals surface area contributed by atoms with Crippen LogP contribution in [-0.4, -0.2) is 136 Å². The number of ether oxygens (including phenoxy) is 4. The van der Waals surface area contributed by atoms with Crippen LogP contribution in [0.4, 0.5) is 23.0 Å². The molecule has 10 rings (SSSR count). The van der Waals surface area contributed by atoms with Crippen LogP contribution >= 0.6 is 0 Å². The lowest BCUT2D eigenvalue weighted by molar-refractivity contribution is 0.0966. The fourth-order valence-corrected chi connectivity index (χ4v) is 11.0. The Hall–Kier alpha value is -8.18. The summed E-state index contributed by atoms with van der Waals surface area (Å²) in [6.45, 7) is 17.7. The zero-order chi connectivity index (χ0) is 52.7. The number of piperazine rings is 2. The van der Waals surface area contributed by atoms with Crippen LogP contribution in [0.1, 0.15) is 76.6 Å². The van der Waals surface area contributed by atoms with E-state index >= 15 is 0 Å². The molecule has 0 aliphatic carbocycles. The first-order chi connectivity index (χ1) is 37.1. The Kier molecular flexibility index (Phi) is 15.6. The summed E-state index contributed by atoms with van der Waals surface area (Å²) < 4.78 is 26.3. The Morgan fingerprint density at radius 1 is 0.513 bits per heavy atom. The van der Waals surface area contributed by atoms with Crippen LogP contribution in [0.3, 0.4) is 0 Å². The van der Waals surface area contributed by atoms with Gasteiger partial charge in [-0.2, -0.15) is 10.5 Å². The van der Waals surface area contributed by atoms with Crippen molar-refractivity contribution in [2.75, 3.05) is 111 Å². The summed E-state index contributed by atoms with van der Waals surface area (Å²) in [6, 6.07) is 37.8. The predicted molar refractivity (Wildman–Crippen MR) is 292 cm³/mol. The number of rotatable bonds is 15. The molecule has 4 aliphatic rings. The lowest BCUT2D eigenvalue weighted by Crippen LogP contribution is -2.53. The van der Waals surface area contributed by atoms with E-state index in [1.54, 1.807) is 70.7 Å². The SMILES string of the molecule is CC(C)C(c1ccc(N2CCN([C@H](C)CN(C(=O)c3ccc(C#N)cc3)c3ccccn3)CC2)c2c1OCCO2)c1ccc(N2CCN([C@H](C)CN(C(=O)c3ccc(C#N)cc3)c3ccccn3)CC2)c2c1OCCO2. The molecule has 0 unspecified atom stereocenters. The quantitative estimate of drug-likeness (QED) is 0.0966. The van der Waals surface area contributed by atoms with Crippen molar-refractivity contribution >= 4 is 34.8 Å². The van der Waals surface area contributed by atoms with Crippen LogP contribution in [0, 0.1) is 28.6 Å². The smallest absolute Gasteiger partial charge is 0.259 e. The fraction of sp³-hybridized carbons (Fsp3) is 0.367. The Morgan fingerprint density at radius 3 is 1.24 bits per heavy atom. The van der Waals surface area contributed by atoms with Crippen molar-refractivity contribution in [3.05, 3.63) is 155 Å². The molecule has 0 bridgehead atoms. The van der Waals surface area contributed by atoms with Crippen LogP contribution < -0.4 is 38.5 Å². The lowest BCUT2D eigenvalue weighted by atomic mass is 9.80. The second-order valence-electron chi connectivity index (χ2n) is 20.1. The number of nitriles is 2. The summed E-state index contributed by atoms with van der Waals surface area (Å²) in [7, 11) is 0. The van der Waals surface area contributed by atoms with Gasteiger partial charge in [-0.15, -0.1) is 0 Å². The van der Waals surface area contributed by atoms with Gasteiger partial charge in [-0.25, -0.2) is 9.97 Å². The number of fused-ring (bicyclic) bond motifs is 2. The van der Waals surface area contributed by atoms with Gasteiger partial charge in [-0.1, -0.05) is 38.1 Å². The van der Waals surface area contributed by atoms with Crippen molar-refractivity contribution in [2.24, 2.45) is 5.92 Å². The van der Waals surface area contributed by atoms with E-state index in [2.05, 4.69) is 93.7 Å². The molecule has 2 saturated heterocycles. The lowest BCUT2D eigenvalue weighted by Gasteiger charge is -2.41. The van der Waals surface area contributed by atoms with Crippen molar-refractivity contribution in [2.45, 2.75) is 45.7 Å². The van der Waals surface area contributed by atoms with Gasteiger partial charge < -0.3 is 28.7 Å². The molecule has 390 valence electrons. The standard InChI is InChI=1S/C60H64N10O6/c1-41(2)54(48-19-21-50(57-55(48)73-33-35-75-57)67-29-25-65(26-30-67)42(3)39-69(52-9-5-7-23-63-52)59(71)46-15-11-44(37-61)12-16-46)49-20-22-51(58-56(49)74-34-36-76-58)68-31-27-66(28-32-68)43(4)40-70(53-10-6-8-24-64-53)60(72)47-17-13-45(38-62)14-18-47/h5-24,41-43,54H,25-36,39-40H2,1-4H3/t42-,43-/m1/s1. The number of aromatic nitrogens is 2. The van der Waals surface area contributed by atoms with E-state index in [1.165, 1.54) is 0 Å². The normalized spacial score (nSPS) is 16.4. The van der Waals surface area contributed by atoms with E-state index in [9.17, 15) is 20.1 Å². The van der Waals surface area contributed by atoms with Crippen LogP contribution in [0.5, 0.6) is 23.0 Å². The number of carbonyl (C=O) groups is 2. The summed E-state index contributed by atoms with van der Waals surface area (Å²) in [4.78, 5) is 50.1. The highest BCUT2D eigenvalue weighted by Crippen LogP contribution is 2.53. The average molecular weight is 1020 g/mol. The first-order valence-corrected chi connectivity index (χ1v) is 26.4. The molecule has 6 aromatic rings. The number of pyridine rings is 2. The van der Waals surface area contributed by atoms with E-state index in [-0.39, 0.29) is 35.7 Å². The molecule has 0 spiro atoms. The van der Waals surface area contributed by atoms with Crippen LogP contribution in [0.2, 0.25) is 0 Å². The molecule has 2 fully saturated rings. The first kappa shape index (κ1) is 51.3. The topological polar surface area (TPSA) is 164 Å². The second kappa shape index (κ2) is 23.2. The maximum Gasteiger partial charge on any atom is 0.259 e. The zero-order valence-corrected chi connectivity index (χ0v) is 43.7. The van der Waals surface area contributed by atoms with E-state index in [0.29, 0.717) is 73.4 Å². The number of amides is 2. The highest BCUT2D eigenvalue weighted by atomic mass is 16.6. The maximum absolute atomic E-state index is 14.0. The van der Waals surface area contributed by atoms with Gasteiger partial charge in [0.25, 0.3) is 11.8 Å². The fourth-order valence-electron chi connectivity index (χ4n) is 11.0. The summed E-state index contributed by atoms with van der Waals surface area (Å²) in [6.07, 6.45) is 3.40. The third-order valence-corrected chi connectivity index (χ3v) is 15.0. The molecule has 2 atom stereocenters. The van der Waals surface area contributed by atoms with Gasteiger partial charge in [0.2, 0.25) is 0 Å². The molecule has 16 nitrogen and oxygen atoms in total. The molecule has 0 saturated carbocycles. The van der Waals surface area contributed by atoms with Gasteiger partial charge in [0.05, 0.1) is 34.6 Å². The number of carbonyl (C=O) groups excluding carboxylic acids is 2. The highest BCUT2D eigenvalue weighted by Gasteiger charge is 2.36. The molecule has 16 heteroatoms. The molecule has 4 aliphatic heterocycles. The third kappa shape index (κ3) is 10.8. The van der Waals surface area contributed by atoms with E-state index < -0.39 is 0 Å². The molecule has 0 radical (unpaired) electrons. The molecule has 6 heterocycles. The summed E-state index contributed by atoms with van der Waals surface area (Å²) >= 11 is 0. The van der Waals surface area contributed by atoms with E-state index in [4.69, 9.17) is 18.9 Å². The number of benzene rings is 4. The predicted octanol–water partition coefficient (Wildman–Crippen LogP) is 8.27. The van der Waals surface area contributed by atoms with Gasteiger partial charge in [-0.05, 0) is 105 Å². The maximum atomic E-state index is 14.0. The second-order valence-corrected chi connectivity index (χ2v) is 20.1. The summed E-state index contributed by atoms with van der Waals surface area (Å²) in [5, 5.41) is 18.7. The monoisotopic (exact) mass is 1020 g/mol.